The van der Waals surface area contributed by atoms with Gasteiger partial charge in [-0.25, -0.2) is 0 Å². The fourth-order valence-corrected chi connectivity index (χ4v) is 0.995. The molecule has 0 aliphatic heterocycles. The Balaban J connectivity index is 3.17. The van der Waals surface area contributed by atoms with Crippen molar-refractivity contribution in [2.24, 2.45) is 5.92 Å². The Bertz CT molecular complexity index is 110. The smallest absolute Gasteiger partial charge is 0.0442 e. The summed E-state index contributed by atoms with van der Waals surface area (Å²) in [5, 5.41) is 10.3. The number of carbonyl (C=O) groups excluding carboxylic acids is 1. The predicted molar refractivity (Wildman–Crippen MR) is 42.9 cm³/mol. The molecular formula is C9H17O2-. The lowest BCUT2D eigenvalue weighted by molar-refractivity contribution is -0.311. The van der Waals surface area contributed by atoms with Gasteiger partial charge in [-0.15, -0.1) is 0 Å². The Morgan fingerprint density at radius 2 is 2.00 bits per heavy atom. The summed E-state index contributed by atoms with van der Waals surface area (Å²) in [4.78, 5) is 10.3. The molecule has 2 heteroatoms. The first kappa shape index (κ1) is 10.5. The van der Waals surface area contributed by atoms with Gasteiger partial charge in [0.1, 0.15) is 0 Å². The third kappa shape index (κ3) is 5.89. The largest absolute Gasteiger partial charge is 0.550 e. The summed E-state index contributed by atoms with van der Waals surface area (Å²) in [7, 11) is 0. The Kier molecular flexibility index (Phi) is 5.90. The molecule has 0 saturated heterocycles. The van der Waals surface area contributed by atoms with Gasteiger partial charge in [-0.3, -0.25) is 0 Å². The van der Waals surface area contributed by atoms with Crippen molar-refractivity contribution in [1.29, 1.82) is 0 Å². The zero-order valence-corrected chi connectivity index (χ0v) is 7.43. The highest BCUT2D eigenvalue weighted by atomic mass is 16.4. The predicted octanol–water partition coefficient (Wildman–Crippen LogP) is 1.34. The van der Waals surface area contributed by atoms with Gasteiger partial charge >= 0.3 is 0 Å². The van der Waals surface area contributed by atoms with E-state index in [9.17, 15) is 9.90 Å². The molecule has 0 N–H and O–H groups in total. The monoisotopic (exact) mass is 157 g/mol. The molecule has 0 bridgehead atoms. The van der Waals surface area contributed by atoms with Crippen LogP contribution < -0.4 is 5.11 Å². The molecule has 0 heterocycles. The van der Waals surface area contributed by atoms with E-state index >= 15 is 0 Å². The fraction of sp³-hybridized carbons (Fsp3) is 0.889. The summed E-state index contributed by atoms with van der Waals surface area (Å²) in [6.07, 6.45) is 5.33. The van der Waals surface area contributed by atoms with E-state index in [4.69, 9.17) is 0 Å². The second-order valence-electron chi connectivity index (χ2n) is 3.07. The van der Waals surface area contributed by atoms with Gasteiger partial charge in [-0.05, 0) is 12.3 Å². The topological polar surface area (TPSA) is 40.1 Å². The van der Waals surface area contributed by atoms with E-state index in [0.717, 1.165) is 19.3 Å². The normalized spacial score (nSPS) is 12.9. The zero-order chi connectivity index (χ0) is 8.69. The highest BCUT2D eigenvalue weighted by molar-refractivity contribution is 5.66. The third-order valence-corrected chi connectivity index (χ3v) is 1.89. The van der Waals surface area contributed by atoms with E-state index < -0.39 is 5.97 Å². The lowest BCUT2D eigenvalue weighted by Crippen LogP contribution is -2.29. The van der Waals surface area contributed by atoms with Gasteiger partial charge in [0.15, 0.2) is 0 Å². The molecule has 0 radical (unpaired) electrons. The van der Waals surface area contributed by atoms with Crippen molar-refractivity contribution < 1.29 is 9.90 Å². The maximum Gasteiger partial charge on any atom is 0.0442 e. The lowest BCUT2D eigenvalue weighted by Gasteiger charge is -2.11. The van der Waals surface area contributed by atoms with Crippen molar-refractivity contribution in [3.8, 4) is 0 Å². The van der Waals surface area contributed by atoms with Crippen molar-refractivity contribution >= 4 is 5.97 Å². The summed E-state index contributed by atoms with van der Waals surface area (Å²) >= 11 is 0. The average molecular weight is 157 g/mol. The third-order valence-electron chi connectivity index (χ3n) is 1.89. The Labute approximate surface area is 68.6 Å². The molecule has 0 amide bonds. The number of hydrogen-bond acceptors (Lipinski definition) is 2. The first-order chi connectivity index (χ1) is 5.18. The molecule has 0 fully saturated rings. The van der Waals surface area contributed by atoms with Gasteiger partial charge in [0, 0.05) is 5.97 Å². The molecule has 0 aliphatic rings. The Hall–Kier alpha value is -0.530. The Morgan fingerprint density at radius 1 is 1.36 bits per heavy atom. The van der Waals surface area contributed by atoms with Gasteiger partial charge in [-0.1, -0.05) is 39.5 Å². The van der Waals surface area contributed by atoms with Crippen LogP contribution in [-0.2, 0) is 4.79 Å². The fourth-order valence-electron chi connectivity index (χ4n) is 0.995. The number of rotatable bonds is 6. The maximum absolute atomic E-state index is 10.3. The minimum atomic E-state index is -0.915. The molecule has 0 aromatic rings. The number of aliphatic carboxylic acids is 1. The molecule has 0 aromatic heterocycles. The van der Waals surface area contributed by atoms with E-state index in [1.54, 1.807) is 6.92 Å². The molecular weight excluding hydrogens is 140 g/mol. The molecule has 0 rings (SSSR count). The van der Waals surface area contributed by atoms with Crippen LogP contribution in [0.5, 0.6) is 0 Å². The number of hydrogen-bond donors (Lipinski definition) is 0. The van der Waals surface area contributed by atoms with Crippen molar-refractivity contribution in [2.75, 3.05) is 0 Å². The van der Waals surface area contributed by atoms with Crippen LogP contribution in [0.1, 0.15) is 46.0 Å². The maximum atomic E-state index is 10.3. The van der Waals surface area contributed by atoms with Crippen molar-refractivity contribution in [1.82, 2.24) is 0 Å². The van der Waals surface area contributed by atoms with Crippen LogP contribution in [0.25, 0.3) is 0 Å². The van der Waals surface area contributed by atoms with Crippen LogP contribution in [0.3, 0.4) is 0 Å². The van der Waals surface area contributed by atoms with Crippen LogP contribution in [0.15, 0.2) is 0 Å². The van der Waals surface area contributed by atoms with E-state index in [0.29, 0.717) is 0 Å². The first-order valence-corrected chi connectivity index (χ1v) is 4.39. The number of unbranched alkanes of at least 4 members (excludes halogenated alkanes) is 3. The molecule has 66 valence electrons. The SMILES string of the molecule is CCCCCC[C@@H](C)C(=O)[O-]. The average Bonchev–Trinajstić information content (AvgIpc) is 1.97. The zero-order valence-electron chi connectivity index (χ0n) is 7.43. The van der Waals surface area contributed by atoms with E-state index in [1.165, 1.54) is 12.8 Å². The highest BCUT2D eigenvalue weighted by Gasteiger charge is 2.00. The molecule has 0 aromatic carbocycles. The van der Waals surface area contributed by atoms with Gasteiger partial charge in [0.2, 0.25) is 0 Å². The van der Waals surface area contributed by atoms with Crippen LogP contribution in [0.4, 0.5) is 0 Å². The van der Waals surface area contributed by atoms with Crippen molar-refractivity contribution in [3.05, 3.63) is 0 Å². The van der Waals surface area contributed by atoms with Gasteiger partial charge < -0.3 is 9.90 Å². The molecule has 0 saturated carbocycles. The number of carbonyl (C=O) groups is 1. The second kappa shape index (κ2) is 6.20. The number of carboxylic acid groups (broad SMARTS) is 1. The quantitative estimate of drug-likeness (QED) is 0.546. The molecule has 11 heavy (non-hydrogen) atoms. The van der Waals surface area contributed by atoms with E-state index in [-0.39, 0.29) is 5.92 Å². The van der Waals surface area contributed by atoms with E-state index in [2.05, 4.69) is 6.92 Å². The highest BCUT2D eigenvalue weighted by Crippen LogP contribution is 2.09. The molecule has 1 atom stereocenters. The summed E-state index contributed by atoms with van der Waals surface area (Å²) < 4.78 is 0. The minimum Gasteiger partial charge on any atom is -0.550 e. The van der Waals surface area contributed by atoms with Crippen molar-refractivity contribution in [2.45, 2.75) is 46.0 Å². The number of carboxylic acids is 1. The summed E-state index contributed by atoms with van der Waals surface area (Å²) in [6, 6.07) is 0. The summed E-state index contributed by atoms with van der Waals surface area (Å²) in [6.45, 7) is 3.85. The molecule has 0 spiro atoms. The Morgan fingerprint density at radius 3 is 2.45 bits per heavy atom. The van der Waals surface area contributed by atoms with Gasteiger partial charge in [0.05, 0.1) is 0 Å². The summed E-state index contributed by atoms with van der Waals surface area (Å²) in [5.41, 5.74) is 0. The molecule has 0 aliphatic carbocycles. The lowest BCUT2D eigenvalue weighted by atomic mass is 10.0. The van der Waals surface area contributed by atoms with Crippen LogP contribution in [0.2, 0.25) is 0 Å². The van der Waals surface area contributed by atoms with Crippen LogP contribution in [0, 0.1) is 5.92 Å². The minimum absolute atomic E-state index is 0.271. The molecule has 0 unspecified atom stereocenters. The van der Waals surface area contributed by atoms with Gasteiger partial charge in [0.25, 0.3) is 0 Å². The summed E-state index contributed by atoms with van der Waals surface area (Å²) in [5.74, 6) is -1.19. The molecule has 2 nitrogen and oxygen atoms in total. The second-order valence-corrected chi connectivity index (χ2v) is 3.07. The van der Waals surface area contributed by atoms with Crippen LogP contribution >= 0.6 is 0 Å². The van der Waals surface area contributed by atoms with E-state index in [1.807, 2.05) is 0 Å². The van der Waals surface area contributed by atoms with Crippen LogP contribution in [-0.4, -0.2) is 5.97 Å². The van der Waals surface area contributed by atoms with Gasteiger partial charge in [-0.2, -0.15) is 0 Å². The first-order valence-electron chi connectivity index (χ1n) is 4.39. The standard InChI is InChI=1S/C9H18O2/c1-3-4-5-6-7-8(2)9(10)11/h8H,3-7H2,1-2H3,(H,10,11)/p-1/t8-/m1/s1. The van der Waals surface area contributed by atoms with Crippen molar-refractivity contribution in [3.63, 3.8) is 0 Å².